The van der Waals surface area contributed by atoms with Crippen molar-refractivity contribution in [3.05, 3.63) is 65.9 Å². The molecule has 1 aliphatic rings. The van der Waals surface area contributed by atoms with Gasteiger partial charge in [-0.1, -0.05) is 41.6 Å². The Hall–Kier alpha value is -3.50. The van der Waals surface area contributed by atoms with E-state index in [-0.39, 0.29) is 16.2 Å². The second-order valence-electron chi connectivity index (χ2n) is 7.59. The Bertz CT molecular complexity index is 1260. The number of benzene rings is 2. The van der Waals surface area contributed by atoms with Crippen LogP contribution in [0.4, 0.5) is 5.69 Å². The van der Waals surface area contributed by atoms with E-state index in [0.29, 0.717) is 30.0 Å². The number of hydrogen-bond donors (Lipinski definition) is 1. The summed E-state index contributed by atoms with van der Waals surface area (Å²) in [4.78, 5) is 25.1. The zero-order valence-electron chi connectivity index (χ0n) is 18.0. The van der Waals surface area contributed by atoms with Crippen molar-refractivity contribution >= 4 is 27.6 Å². The molecular weight excluding hydrogens is 446 g/mol. The van der Waals surface area contributed by atoms with Crippen LogP contribution < -0.4 is 5.32 Å². The second kappa shape index (κ2) is 9.55. The third kappa shape index (κ3) is 4.96. The Kier molecular flexibility index (Phi) is 6.57. The molecule has 1 aliphatic heterocycles. The molecule has 0 saturated carbocycles. The molecular formula is C23H23N3O6S. The lowest BCUT2D eigenvalue weighted by atomic mass is 10.1. The summed E-state index contributed by atoms with van der Waals surface area (Å²) < 4.78 is 37.2. The first-order valence-electron chi connectivity index (χ1n) is 10.4. The van der Waals surface area contributed by atoms with Crippen LogP contribution in [-0.4, -0.2) is 49.5 Å². The van der Waals surface area contributed by atoms with Gasteiger partial charge in [-0.25, -0.2) is 13.2 Å². The van der Waals surface area contributed by atoms with Crippen LogP contribution in [0.1, 0.15) is 29.0 Å². The molecule has 10 heteroatoms. The summed E-state index contributed by atoms with van der Waals surface area (Å²) in [7, 11) is -3.61. The molecule has 0 atom stereocenters. The van der Waals surface area contributed by atoms with Crippen LogP contribution in [-0.2, 0) is 19.6 Å². The summed E-state index contributed by atoms with van der Waals surface area (Å²) in [5.41, 5.74) is 1.45. The summed E-state index contributed by atoms with van der Waals surface area (Å²) in [6, 6.07) is 15.0. The molecule has 1 fully saturated rings. The van der Waals surface area contributed by atoms with Gasteiger partial charge in [0.1, 0.15) is 17.0 Å². The monoisotopic (exact) mass is 469 g/mol. The molecule has 1 amide bonds. The fourth-order valence-electron chi connectivity index (χ4n) is 3.62. The van der Waals surface area contributed by atoms with Gasteiger partial charge in [0.05, 0.1) is 4.90 Å². The standard InChI is InChI=1S/C23H23N3O6S/c1-16-21(22(25-32-16)17-8-3-2-4-9-17)23(28)31-15-20(27)24-18-10-7-11-19(14-18)33(29,30)26-12-5-6-13-26/h2-4,7-11,14H,5-6,12-13,15H2,1H3,(H,24,27). The van der Waals surface area contributed by atoms with Crippen LogP contribution in [0.15, 0.2) is 64.0 Å². The molecule has 33 heavy (non-hydrogen) atoms. The van der Waals surface area contributed by atoms with Gasteiger partial charge in [-0.3, -0.25) is 4.79 Å². The minimum absolute atomic E-state index is 0.104. The Labute approximate surface area is 191 Å². The van der Waals surface area contributed by atoms with Crippen molar-refractivity contribution < 1.29 is 27.3 Å². The van der Waals surface area contributed by atoms with Gasteiger partial charge in [-0.2, -0.15) is 4.31 Å². The van der Waals surface area contributed by atoms with Crippen LogP contribution >= 0.6 is 0 Å². The topological polar surface area (TPSA) is 119 Å². The van der Waals surface area contributed by atoms with Gasteiger partial charge < -0.3 is 14.6 Å². The van der Waals surface area contributed by atoms with Gasteiger partial charge in [-0.15, -0.1) is 0 Å². The predicted octanol–water partition coefficient (Wildman–Crippen LogP) is 3.23. The summed E-state index contributed by atoms with van der Waals surface area (Å²) in [5.74, 6) is -1.07. The molecule has 4 rings (SSSR count). The molecule has 0 bridgehead atoms. The lowest BCUT2D eigenvalue weighted by Gasteiger charge is -2.16. The molecule has 1 N–H and O–H groups in total. The molecule has 2 aromatic carbocycles. The van der Waals surface area contributed by atoms with Crippen molar-refractivity contribution in [2.24, 2.45) is 0 Å². The van der Waals surface area contributed by atoms with E-state index in [0.717, 1.165) is 12.8 Å². The molecule has 0 spiro atoms. The lowest BCUT2D eigenvalue weighted by molar-refractivity contribution is -0.119. The third-order valence-corrected chi connectivity index (χ3v) is 7.16. The highest BCUT2D eigenvalue weighted by atomic mass is 32.2. The van der Waals surface area contributed by atoms with Gasteiger partial charge in [0.15, 0.2) is 6.61 Å². The molecule has 2 heterocycles. The molecule has 3 aromatic rings. The van der Waals surface area contributed by atoms with Gasteiger partial charge in [0.25, 0.3) is 5.91 Å². The number of rotatable bonds is 7. The van der Waals surface area contributed by atoms with Crippen molar-refractivity contribution in [1.82, 2.24) is 9.46 Å². The van der Waals surface area contributed by atoms with E-state index in [4.69, 9.17) is 9.26 Å². The zero-order valence-corrected chi connectivity index (χ0v) is 18.8. The Balaban J connectivity index is 1.41. The van der Waals surface area contributed by atoms with E-state index in [2.05, 4.69) is 10.5 Å². The summed E-state index contributed by atoms with van der Waals surface area (Å²) in [6.45, 7) is 2.01. The van der Waals surface area contributed by atoms with E-state index in [1.54, 1.807) is 43.3 Å². The average molecular weight is 470 g/mol. The van der Waals surface area contributed by atoms with E-state index in [1.807, 2.05) is 6.07 Å². The number of nitrogens with zero attached hydrogens (tertiary/aromatic N) is 2. The number of aryl methyl sites for hydroxylation is 1. The van der Waals surface area contributed by atoms with E-state index < -0.39 is 28.5 Å². The maximum absolute atomic E-state index is 12.7. The number of amides is 1. The number of nitrogens with one attached hydrogen (secondary N) is 1. The number of carbonyl (C=O) groups excluding carboxylic acids is 2. The van der Waals surface area contributed by atoms with Crippen molar-refractivity contribution in [3.8, 4) is 11.3 Å². The first-order valence-corrected chi connectivity index (χ1v) is 11.9. The number of sulfonamides is 1. The number of esters is 1. The van der Waals surface area contributed by atoms with Gasteiger partial charge in [-0.05, 0) is 38.0 Å². The van der Waals surface area contributed by atoms with Crippen LogP contribution in [0.25, 0.3) is 11.3 Å². The number of carbonyl (C=O) groups is 2. The van der Waals surface area contributed by atoms with Gasteiger partial charge >= 0.3 is 5.97 Å². The smallest absolute Gasteiger partial charge is 0.344 e. The fourth-order valence-corrected chi connectivity index (χ4v) is 5.18. The maximum Gasteiger partial charge on any atom is 0.344 e. The highest BCUT2D eigenvalue weighted by molar-refractivity contribution is 7.89. The molecule has 0 aliphatic carbocycles. The molecule has 9 nitrogen and oxygen atoms in total. The van der Waals surface area contributed by atoms with E-state index >= 15 is 0 Å². The Morgan fingerprint density at radius 2 is 1.82 bits per heavy atom. The molecule has 1 aromatic heterocycles. The van der Waals surface area contributed by atoms with Gasteiger partial charge in [0, 0.05) is 24.3 Å². The van der Waals surface area contributed by atoms with E-state index in [9.17, 15) is 18.0 Å². The molecule has 0 unspecified atom stereocenters. The first kappa shape index (κ1) is 22.7. The summed E-state index contributed by atoms with van der Waals surface area (Å²) >= 11 is 0. The fraction of sp³-hybridized carbons (Fsp3) is 0.261. The largest absolute Gasteiger partial charge is 0.452 e. The SMILES string of the molecule is Cc1onc(-c2ccccc2)c1C(=O)OCC(=O)Nc1cccc(S(=O)(=O)N2CCCC2)c1. The Morgan fingerprint density at radius 3 is 2.55 bits per heavy atom. The number of anilines is 1. The zero-order chi connectivity index (χ0) is 23.4. The number of ether oxygens (including phenoxy) is 1. The van der Waals surface area contributed by atoms with Crippen LogP contribution in [0.5, 0.6) is 0 Å². The highest BCUT2D eigenvalue weighted by Gasteiger charge is 2.27. The predicted molar refractivity (Wildman–Crippen MR) is 120 cm³/mol. The van der Waals surface area contributed by atoms with Crippen LogP contribution in [0.2, 0.25) is 0 Å². The van der Waals surface area contributed by atoms with Crippen molar-refractivity contribution in [3.63, 3.8) is 0 Å². The first-order chi connectivity index (χ1) is 15.9. The van der Waals surface area contributed by atoms with Crippen LogP contribution in [0.3, 0.4) is 0 Å². The molecule has 0 radical (unpaired) electrons. The normalized spacial score (nSPS) is 14.2. The minimum Gasteiger partial charge on any atom is -0.452 e. The lowest BCUT2D eigenvalue weighted by Crippen LogP contribution is -2.28. The third-order valence-electron chi connectivity index (χ3n) is 5.27. The molecule has 1 saturated heterocycles. The highest BCUT2D eigenvalue weighted by Crippen LogP contribution is 2.26. The summed E-state index contributed by atoms with van der Waals surface area (Å²) in [5, 5.41) is 6.50. The second-order valence-corrected chi connectivity index (χ2v) is 9.53. The average Bonchev–Trinajstić information content (AvgIpc) is 3.49. The minimum atomic E-state index is -3.61. The number of aromatic nitrogens is 1. The Morgan fingerprint density at radius 1 is 1.09 bits per heavy atom. The number of hydrogen-bond acceptors (Lipinski definition) is 7. The quantitative estimate of drug-likeness (QED) is 0.528. The van der Waals surface area contributed by atoms with Gasteiger partial charge in [0.2, 0.25) is 10.0 Å². The van der Waals surface area contributed by atoms with Crippen molar-refractivity contribution in [2.75, 3.05) is 25.0 Å². The molecule has 172 valence electrons. The van der Waals surface area contributed by atoms with E-state index in [1.165, 1.54) is 16.4 Å². The van der Waals surface area contributed by atoms with Crippen molar-refractivity contribution in [1.29, 1.82) is 0 Å². The maximum atomic E-state index is 12.7. The van der Waals surface area contributed by atoms with Crippen LogP contribution in [0, 0.1) is 6.92 Å². The summed E-state index contributed by atoms with van der Waals surface area (Å²) in [6.07, 6.45) is 1.66. The van der Waals surface area contributed by atoms with Crippen molar-refractivity contribution in [2.45, 2.75) is 24.7 Å².